The predicted octanol–water partition coefficient (Wildman–Crippen LogP) is 1.50. The molecule has 1 N–H and O–H groups in total. The molecule has 2 heterocycles. The molecule has 9 nitrogen and oxygen atoms in total. The maximum Gasteiger partial charge on any atom is 0.420 e. The Bertz CT molecular complexity index is 689. The van der Waals surface area contributed by atoms with Crippen molar-refractivity contribution < 1.29 is 24.2 Å². The SMILES string of the molecule is CC(C)(C)OC(=O)n1cncc1C=CCN1CCN(C(=O)O)CC1=O. The molecule has 1 aliphatic heterocycles. The van der Waals surface area contributed by atoms with Crippen molar-refractivity contribution >= 4 is 24.2 Å². The molecule has 0 radical (unpaired) electrons. The van der Waals surface area contributed by atoms with Gasteiger partial charge in [0.2, 0.25) is 5.91 Å². The number of amides is 2. The van der Waals surface area contributed by atoms with Gasteiger partial charge < -0.3 is 14.7 Å². The summed E-state index contributed by atoms with van der Waals surface area (Å²) in [4.78, 5) is 41.5. The number of piperazine rings is 1. The molecular formula is C16H22N4O5. The maximum atomic E-state index is 12.1. The Morgan fingerprint density at radius 1 is 1.36 bits per heavy atom. The van der Waals surface area contributed by atoms with Gasteiger partial charge in [-0.25, -0.2) is 19.1 Å². The standard InChI is InChI=1S/C16H22N4O5/c1-16(2,3)25-15(24)20-11-17-9-12(20)5-4-6-18-7-8-19(14(22)23)10-13(18)21/h4-5,9,11H,6-8,10H2,1-3H3,(H,22,23). The number of hydrogen-bond acceptors (Lipinski definition) is 5. The van der Waals surface area contributed by atoms with E-state index in [9.17, 15) is 14.4 Å². The Balaban J connectivity index is 1.95. The van der Waals surface area contributed by atoms with E-state index in [4.69, 9.17) is 9.84 Å². The number of hydrogen-bond donors (Lipinski definition) is 1. The van der Waals surface area contributed by atoms with Crippen molar-refractivity contribution in [3.8, 4) is 0 Å². The minimum atomic E-state index is -1.09. The average molecular weight is 350 g/mol. The summed E-state index contributed by atoms with van der Waals surface area (Å²) in [5, 5.41) is 8.89. The van der Waals surface area contributed by atoms with E-state index in [0.717, 1.165) is 4.90 Å². The number of ether oxygens (including phenoxy) is 1. The van der Waals surface area contributed by atoms with Crippen LogP contribution in [0.5, 0.6) is 0 Å². The molecule has 9 heteroatoms. The molecule has 2 amide bonds. The average Bonchev–Trinajstić information content (AvgIpc) is 2.95. The van der Waals surface area contributed by atoms with Gasteiger partial charge in [0.05, 0.1) is 11.9 Å². The number of carbonyl (C=O) groups is 3. The summed E-state index contributed by atoms with van der Waals surface area (Å²) >= 11 is 0. The van der Waals surface area contributed by atoms with Gasteiger partial charge >= 0.3 is 12.2 Å². The van der Waals surface area contributed by atoms with Crippen LogP contribution in [0.4, 0.5) is 9.59 Å². The highest BCUT2D eigenvalue weighted by Crippen LogP contribution is 2.11. The fourth-order valence-electron chi connectivity index (χ4n) is 2.26. The summed E-state index contributed by atoms with van der Waals surface area (Å²) in [6.07, 6.45) is 4.66. The fraction of sp³-hybridized carbons (Fsp3) is 0.500. The molecule has 1 fully saturated rings. The first-order valence-corrected chi connectivity index (χ1v) is 7.85. The predicted molar refractivity (Wildman–Crippen MR) is 89.1 cm³/mol. The zero-order chi connectivity index (χ0) is 18.6. The molecule has 0 atom stereocenters. The number of aromatic nitrogens is 2. The molecule has 1 aromatic heterocycles. The van der Waals surface area contributed by atoms with Crippen LogP contribution in [-0.4, -0.2) is 74.3 Å². The summed E-state index contributed by atoms with van der Waals surface area (Å²) in [7, 11) is 0. The lowest BCUT2D eigenvalue weighted by Crippen LogP contribution is -2.51. The zero-order valence-corrected chi connectivity index (χ0v) is 14.5. The lowest BCUT2D eigenvalue weighted by atomic mass is 10.2. The molecule has 0 aliphatic carbocycles. The molecule has 136 valence electrons. The molecule has 1 aromatic rings. The van der Waals surface area contributed by atoms with Gasteiger partial charge in [0.25, 0.3) is 0 Å². The van der Waals surface area contributed by atoms with Gasteiger partial charge in [-0.2, -0.15) is 0 Å². The Hall–Kier alpha value is -2.84. The molecule has 1 saturated heterocycles. The van der Waals surface area contributed by atoms with E-state index >= 15 is 0 Å². The van der Waals surface area contributed by atoms with Crippen molar-refractivity contribution in [1.82, 2.24) is 19.4 Å². The number of rotatable bonds is 3. The molecule has 25 heavy (non-hydrogen) atoms. The summed E-state index contributed by atoms with van der Waals surface area (Å²) < 4.78 is 6.58. The highest BCUT2D eigenvalue weighted by Gasteiger charge is 2.26. The topological polar surface area (TPSA) is 105 Å². The third kappa shape index (κ3) is 5.07. The number of carboxylic acid groups (broad SMARTS) is 1. The first-order chi connectivity index (χ1) is 11.7. The van der Waals surface area contributed by atoms with Crippen molar-refractivity contribution in [2.24, 2.45) is 0 Å². The van der Waals surface area contributed by atoms with Gasteiger partial charge in [0, 0.05) is 19.6 Å². The number of imidazole rings is 1. The van der Waals surface area contributed by atoms with E-state index in [1.807, 2.05) is 0 Å². The first kappa shape index (κ1) is 18.5. The van der Waals surface area contributed by atoms with Gasteiger partial charge in [-0.1, -0.05) is 6.08 Å². The minimum Gasteiger partial charge on any atom is -0.465 e. The highest BCUT2D eigenvalue weighted by molar-refractivity contribution is 5.83. The van der Waals surface area contributed by atoms with Crippen LogP contribution >= 0.6 is 0 Å². The largest absolute Gasteiger partial charge is 0.465 e. The van der Waals surface area contributed by atoms with E-state index in [0.29, 0.717) is 18.8 Å². The molecule has 0 spiro atoms. The molecule has 0 unspecified atom stereocenters. The third-order valence-corrected chi connectivity index (χ3v) is 3.46. The van der Waals surface area contributed by atoms with Crippen molar-refractivity contribution in [1.29, 1.82) is 0 Å². The van der Waals surface area contributed by atoms with Crippen molar-refractivity contribution in [3.63, 3.8) is 0 Å². The van der Waals surface area contributed by atoms with Gasteiger partial charge in [-0.3, -0.25) is 9.69 Å². The van der Waals surface area contributed by atoms with Gasteiger partial charge in [0.1, 0.15) is 18.5 Å². The Morgan fingerprint density at radius 3 is 2.68 bits per heavy atom. The van der Waals surface area contributed by atoms with E-state index in [2.05, 4.69) is 4.98 Å². The maximum absolute atomic E-state index is 12.1. The quantitative estimate of drug-likeness (QED) is 0.886. The normalized spacial score (nSPS) is 15.7. The molecule has 0 aromatic carbocycles. The second-order valence-corrected chi connectivity index (χ2v) is 6.62. The van der Waals surface area contributed by atoms with Crippen LogP contribution in [-0.2, 0) is 9.53 Å². The summed E-state index contributed by atoms with van der Waals surface area (Å²) in [5.74, 6) is -0.251. The molecule has 2 rings (SSSR count). The second-order valence-electron chi connectivity index (χ2n) is 6.62. The van der Waals surface area contributed by atoms with E-state index in [1.165, 1.54) is 17.1 Å². The van der Waals surface area contributed by atoms with Crippen LogP contribution in [0.3, 0.4) is 0 Å². The number of nitrogens with zero attached hydrogens (tertiary/aromatic N) is 4. The molecule has 0 saturated carbocycles. The molecule has 0 bridgehead atoms. The number of carbonyl (C=O) groups excluding carboxylic acids is 2. The van der Waals surface area contributed by atoms with Crippen LogP contribution in [0.1, 0.15) is 26.5 Å². The van der Waals surface area contributed by atoms with Gasteiger partial charge in [-0.05, 0) is 26.8 Å². The lowest BCUT2D eigenvalue weighted by Gasteiger charge is -2.32. The van der Waals surface area contributed by atoms with Gasteiger partial charge in [0.15, 0.2) is 0 Å². The molecular weight excluding hydrogens is 328 g/mol. The zero-order valence-electron chi connectivity index (χ0n) is 14.5. The van der Waals surface area contributed by atoms with E-state index in [1.54, 1.807) is 37.8 Å². The lowest BCUT2D eigenvalue weighted by molar-refractivity contribution is -0.134. The van der Waals surface area contributed by atoms with Crippen LogP contribution in [0.2, 0.25) is 0 Å². The van der Waals surface area contributed by atoms with E-state index < -0.39 is 17.8 Å². The van der Waals surface area contributed by atoms with Crippen molar-refractivity contribution in [2.45, 2.75) is 26.4 Å². The van der Waals surface area contributed by atoms with Crippen molar-refractivity contribution in [3.05, 3.63) is 24.3 Å². The highest BCUT2D eigenvalue weighted by atomic mass is 16.6. The van der Waals surface area contributed by atoms with Crippen molar-refractivity contribution in [2.75, 3.05) is 26.2 Å². The van der Waals surface area contributed by atoms with Gasteiger partial charge in [-0.15, -0.1) is 0 Å². The molecule has 1 aliphatic rings. The monoisotopic (exact) mass is 350 g/mol. The first-order valence-electron chi connectivity index (χ1n) is 7.85. The summed E-state index contributed by atoms with van der Waals surface area (Å²) in [5.41, 5.74) is -0.0793. The van der Waals surface area contributed by atoms with Crippen LogP contribution in [0.25, 0.3) is 6.08 Å². The smallest absolute Gasteiger partial charge is 0.420 e. The summed E-state index contributed by atoms with van der Waals surface area (Å²) in [6, 6.07) is 0. The summed E-state index contributed by atoms with van der Waals surface area (Å²) in [6.45, 7) is 6.13. The Kier molecular flexibility index (Phi) is 5.45. The second kappa shape index (κ2) is 7.37. The fourth-order valence-corrected chi connectivity index (χ4v) is 2.26. The van der Waals surface area contributed by atoms with Crippen LogP contribution in [0, 0.1) is 0 Å². The Morgan fingerprint density at radius 2 is 2.08 bits per heavy atom. The minimum absolute atomic E-state index is 0.140. The van der Waals surface area contributed by atoms with Crippen LogP contribution < -0.4 is 0 Å². The van der Waals surface area contributed by atoms with Crippen LogP contribution in [0.15, 0.2) is 18.6 Å². The Labute approximate surface area is 145 Å². The van der Waals surface area contributed by atoms with E-state index in [-0.39, 0.29) is 19.0 Å². The third-order valence-electron chi connectivity index (χ3n) is 3.46.